The standard InChI is InChI=1S/C8H8FNO2/c9-8-2-1-6(5-11)7(3-8)4-10-12/h1-3,5,10,12H,4H2. The van der Waals surface area contributed by atoms with Gasteiger partial charge in [0, 0.05) is 12.1 Å². The summed E-state index contributed by atoms with van der Waals surface area (Å²) < 4.78 is 12.6. The zero-order valence-electron chi connectivity index (χ0n) is 6.25. The van der Waals surface area contributed by atoms with E-state index in [-0.39, 0.29) is 6.54 Å². The van der Waals surface area contributed by atoms with E-state index in [4.69, 9.17) is 5.21 Å². The minimum Gasteiger partial charge on any atom is -0.316 e. The summed E-state index contributed by atoms with van der Waals surface area (Å²) in [5.41, 5.74) is 2.67. The second-order valence-electron chi connectivity index (χ2n) is 2.30. The molecule has 1 rings (SSSR count). The zero-order chi connectivity index (χ0) is 8.97. The smallest absolute Gasteiger partial charge is 0.150 e. The van der Waals surface area contributed by atoms with Crippen molar-refractivity contribution in [3.63, 3.8) is 0 Å². The molecule has 0 radical (unpaired) electrons. The van der Waals surface area contributed by atoms with Gasteiger partial charge in [-0.15, -0.1) is 0 Å². The first-order valence-corrected chi connectivity index (χ1v) is 3.38. The first kappa shape index (κ1) is 8.83. The summed E-state index contributed by atoms with van der Waals surface area (Å²) in [5, 5.41) is 8.34. The average molecular weight is 169 g/mol. The molecule has 0 saturated carbocycles. The Hall–Kier alpha value is -1.26. The molecule has 0 heterocycles. The van der Waals surface area contributed by atoms with Gasteiger partial charge >= 0.3 is 0 Å². The molecule has 1 aromatic carbocycles. The van der Waals surface area contributed by atoms with Crippen LogP contribution in [-0.2, 0) is 6.54 Å². The van der Waals surface area contributed by atoms with E-state index >= 15 is 0 Å². The number of aldehydes is 1. The van der Waals surface area contributed by atoms with Crippen LogP contribution in [0.15, 0.2) is 18.2 Å². The molecule has 0 saturated heterocycles. The first-order chi connectivity index (χ1) is 5.77. The van der Waals surface area contributed by atoms with Crippen LogP contribution >= 0.6 is 0 Å². The number of benzene rings is 1. The normalized spacial score (nSPS) is 9.83. The molecule has 12 heavy (non-hydrogen) atoms. The summed E-state index contributed by atoms with van der Waals surface area (Å²) in [7, 11) is 0. The van der Waals surface area contributed by atoms with Crippen LogP contribution in [0.1, 0.15) is 15.9 Å². The summed E-state index contributed by atoms with van der Waals surface area (Å²) in [6, 6.07) is 3.77. The molecule has 2 N–H and O–H groups in total. The third kappa shape index (κ3) is 1.87. The van der Waals surface area contributed by atoms with Crippen LogP contribution in [0.5, 0.6) is 0 Å². The van der Waals surface area contributed by atoms with Crippen LogP contribution in [0.2, 0.25) is 0 Å². The van der Waals surface area contributed by atoms with E-state index in [0.717, 1.165) is 0 Å². The molecule has 4 heteroatoms. The molecule has 64 valence electrons. The number of carbonyl (C=O) groups is 1. The van der Waals surface area contributed by atoms with Crippen molar-refractivity contribution in [2.75, 3.05) is 0 Å². The van der Waals surface area contributed by atoms with Crippen LogP contribution in [0.25, 0.3) is 0 Å². The van der Waals surface area contributed by atoms with Gasteiger partial charge in [-0.25, -0.2) is 9.87 Å². The number of rotatable bonds is 3. The first-order valence-electron chi connectivity index (χ1n) is 3.38. The second-order valence-corrected chi connectivity index (χ2v) is 2.30. The Kier molecular flexibility index (Phi) is 2.90. The lowest BCUT2D eigenvalue weighted by Crippen LogP contribution is -2.08. The predicted octanol–water partition coefficient (Wildman–Crippen LogP) is 1.12. The summed E-state index contributed by atoms with van der Waals surface area (Å²) in [6.45, 7) is 0.0613. The van der Waals surface area contributed by atoms with Crippen LogP contribution in [0.4, 0.5) is 4.39 Å². The van der Waals surface area contributed by atoms with E-state index in [1.165, 1.54) is 18.2 Å². The topological polar surface area (TPSA) is 49.3 Å². The Morgan fingerprint density at radius 2 is 2.33 bits per heavy atom. The van der Waals surface area contributed by atoms with Gasteiger partial charge in [-0.1, -0.05) is 0 Å². The highest BCUT2D eigenvalue weighted by Crippen LogP contribution is 2.08. The third-order valence-corrected chi connectivity index (χ3v) is 1.50. The molecule has 0 bridgehead atoms. The van der Waals surface area contributed by atoms with Crippen molar-refractivity contribution in [1.29, 1.82) is 0 Å². The Morgan fingerprint density at radius 1 is 1.58 bits per heavy atom. The van der Waals surface area contributed by atoms with Crippen LogP contribution in [-0.4, -0.2) is 11.5 Å². The molecule has 0 aromatic heterocycles. The largest absolute Gasteiger partial charge is 0.316 e. The molecule has 0 amide bonds. The van der Waals surface area contributed by atoms with Gasteiger partial charge in [0.15, 0.2) is 0 Å². The van der Waals surface area contributed by atoms with E-state index < -0.39 is 5.82 Å². The van der Waals surface area contributed by atoms with Crippen molar-refractivity contribution in [2.24, 2.45) is 0 Å². The maximum absolute atomic E-state index is 12.6. The number of hydrogen-bond acceptors (Lipinski definition) is 3. The Balaban J connectivity index is 3.03. The average Bonchev–Trinajstić information content (AvgIpc) is 2.05. The molecule has 3 nitrogen and oxygen atoms in total. The Morgan fingerprint density at radius 3 is 2.92 bits per heavy atom. The van der Waals surface area contributed by atoms with Crippen LogP contribution in [0.3, 0.4) is 0 Å². The fourth-order valence-corrected chi connectivity index (χ4v) is 0.928. The van der Waals surface area contributed by atoms with Crippen molar-refractivity contribution >= 4 is 6.29 Å². The molecule has 0 fully saturated rings. The fourth-order valence-electron chi connectivity index (χ4n) is 0.928. The summed E-state index contributed by atoms with van der Waals surface area (Å²) >= 11 is 0. The number of hydrogen-bond donors (Lipinski definition) is 2. The molecule has 0 aliphatic heterocycles. The highest BCUT2D eigenvalue weighted by molar-refractivity contribution is 5.77. The summed E-state index contributed by atoms with van der Waals surface area (Å²) in [4.78, 5) is 10.4. The maximum atomic E-state index is 12.6. The van der Waals surface area contributed by atoms with E-state index in [9.17, 15) is 9.18 Å². The predicted molar refractivity (Wildman–Crippen MR) is 40.4 cm³/mol. The lowest BCUT2D eigenvalue weighted by molar-refractivity contribution is 0.112. The van der Waals surface area contributed by atoms with Gasteiger partial charge in [-0.05, 0) is 23.8 Å². The molecular weight excluding hydrogens is 161 g/mol. The van der Waals surface area contributed by atoms with E-state index in [2.05, 4.69) is 0 Å². The van der Waals surface area contributed by atoms with E-state index in [0.29, 0.717) is 17.4 Å². The van der Waals surface area contributed by atoms with Crippen molar-refractivity contribution < 1.29 is 14.4 Å². The number of halogens is 1. The lowest BCUT2D eigenvalue weighted by Gasteiger charge is -2.02. The molecule has 1 aromatic rings. The maximum Gasteiger partial charge on any atom is 0.150 e. The summed E-state index contributed by atoms with van der Waals surface area (Å²) in [6.07, 6.45) is 0.617. The highest BCUT2D eigenvalue weighted by Gasteiger charge is 2.01. The number of hydroxylamine groups is 1. The van der Waals surface area contributed by atoms with Crippen molar-refractivity contribution in [3.05, 3.63) is 35.1 Å². The molecule has 0 spiro atoms. The van der Waals surface area contributed by atoms with Gasteiger partial charge in [-0.2, -0.15) is 0 Å². The minimum atomic E-state index is -0.425. The molecular formula is C8H8FNO2. The zero-order valence-corrected chi connectivity index (χ0v) is 6.25. The minimum absolute atomic E-state index is 0.0613. The summed E-state index contributed by atoms with van der Waals surface area (Å²) in [5.74, 6) is -0.425. The molecule has 0 aliphatic rings. The monoisotopic (exact) mass is 169 g/mol. The van der Waals surface area contributed by atoms with Gasteiger partial charge < -0.3 is 5.21 Å². The van der Waals surface area contributed by atoms with Crippen molar-refractivity contribution in [3.8, 4) is 0 Å². The van der Waals surface area contributed by atoms with E-state index in [1.807, 2.05) is 5.48 Å². The quantitative estimate of drug-likeness (QED) is 0.526. The molecule has 0 aliphatic carbocycles. The van der Waals surface area contributed by atoms with Crippen LogP contribution in [0, 0.1) is 5.82 Å². The van der Waals surface area contributed by atoms with Gasteiger partial charge in [0.25, 0.3) is 0 Å². The molecule has 0 unspecified atom stereocenters. The fraction of sp³-hybridized carbons (Fsp3) is 0.125. The molecule has 0 atom stereocenters. The van der Waals surface area contributed by atoms with Gasteiger partial charge in [0.1, 0.15) is 12.1 Å². The Bertz CT molecular complexity index is 288. The van der Waals surface area contributed by atoms with Gasteiger partial charge in [0.2, 0.25) is 0 Å². The SMILES string of the molecule is O=Cc1ccc(F)cc1CNO. The number of carbonyl (C=O) groups excluding carboxylic acids is 1. The van der Waals surface area contributed by atoms with E-state index in [1.54, 1.807) is 0 Å². The third-order valence-electron chi connectivity index (χ3n) is 1.50. The van der Waals surface area contributed by atoms with Gasteiger partial charge in [-0.3, -0.25) is 4.79 Å². The lowest BCUT2D eigenvalue weighted by atomic mass is 10.1. The Labute approximate surface area is 68.8 Å². The van der Waals surface area contributed by atoms with Crippen molar-refractivity contribution in [2.45, 2.75) is 6.54 Å². The number of nitrogens with one attached hydrogen (secondary N) is 1. The second kappa shape index (κ2) is 3.94. The van der Waals surface area contributed by atoms with Crippen molar-refractivity contribution in [1.82, 2.24) is 5.48 Å². The van der Waals surface area contributed by atoms with Crippen LogP contribution < -0.4 is 5.48 Å². The van der Waals surface area contributed by atoms with Gasteiger partial charge in [0.05, 0.1) is 0 Å². The highest BCUT2D eigenvalue weighted by atomic mass is 19.1.